The summed E-state index contributed by atoms with van der Waals surface area (Å²) in [6.45, 7) is 2.76. The topological polar surface area (TPSA) is 15.3 Å². The summed E-state index contributed by atoms with van der Waals surface area (Å²) in [7, 11) is 0. The molecule has 2 fully saturated rings. The van der Waals surface area contributed by atoms with Crippen molar-refractivity contribution in [1.29, 1.82) is 0 Å². The van der Waals surface area contributed by atoms with Crippen LogP contribution in [0.25, 0.3) is 0 Å². The van der Waals surface area contributed by atoms with Gasteiger partial charge in [0.25, 0.3) is 0 Å². The van der Waals surface area contributed by atoms with Gasteiger partial charge in [0, 0.05) is 31.7 Å². The molecule has 2 heterocycles. The maximum atomic E-state index is 12.5. The second-order valence-corrected chi connectivity index (χ2v) is 5.86. The number of halogens is 3. The first kappa shape index (κ1) is 13.9. The van der Waals surface area contributed by atoms with E-state index in [1.165, 1.54) is 25.0 Å². The Morgan fingerprint density at radius 1 is 1.05 bits per heavy atom. The third kappa shape index (κ3) is 3.15. The SMILES string of the molecule is FC(F)(F)c1ccc(CN2CCC3CCC(C2)N3)cc1. The van der Waals surface area contributed by atoms with Crippen LogP contribution in [0.1, 0.15) is 30.4 Å². The van der Waals surface area contributed by atoms with E-state index in [1.54, 1.807) is 12.1 Å². The molecule has 0 saturated carbocycles. The lowest BCUT2D eigenvalue weighted by molar-refractivity contribution is -0.137. The molecule has 1 N–H and O–H groups in total. The van der Waals surface area contributed by atoms with E-state index in [9.17, 15) is 13.2 Å². The molecular formula is C15H19F3N2. The maximum Gasteiger partial charge on any atom is 0.416 e. The van der Waals surface area contributed by atoms with Crippen LogP contribution < -0.4 is 5.32 Å². The van der Waals surface area contributed by atoms with Gasteiger partial charge in [-0.2, -0.15) is 13.2 Å². The fourth-order valence-corrected chi connectivity index (χ4v) is 3.22. The van der Waals surface area contributed by atoms with Crippen molar-refractivity contribution in [2.75, 3.05) is 13.1 Å². The van der Waals surface area contributed by atoms with Gasteiger partial charge in [-0.25, -0.2) is 0 Å². The minimum absolute atomic E-state index is 0.553. The minimum Gasteiger partial charge on any atom is -0.310 e. The number of hydrogen-bond donors (Lipinski definition) is 1. The highest BCUT2D eigenvalue weighted by atomic mass is 19.4. The van der Waals surface area contributed by atoms with Crippen molar-refractivity contribution < 1.29 is 13.2 Å². The zero-order valence-electron chi connectivity index (χ0n) is 11.3. The van der Waals surface area contributed by atoms with Crippen LogP contribution in [-0.2, 0) is 12.7 Å². The van der Waals surface area contributed by atoms with E-state index < -0.39 is 11.7 Å². The van der Waals surface area contributed by atoms with Crippen LogP contribution in [0.5, 0.6) is 0 Å². The van der Waals surface area contributed by atoms with Gasteiger partial charge in [-0.15, -0.1) is 0 Å². The molecule has 2 nitrogen and oxygen atoms in total. The molecular weight excluding hydrogens is 265 g/mol. The molecule has 1 aromatic rings. The fraction of sp³-hybridized carbons (Fsp3) is 0.600. The summed E-state index contributed by atoms with van der Waals surface area (Å²) in [5, 5.41) is 3.61. The van der Waals surface area contributed by atoms with Gasteiger partial charge in [0.15, 0.2) is 0 Å². The normalized spacial score (nSPS) is 27.6. The zero-order valence-corrected chi connectivity index (χ0v) is 11.3. The molecule has 2 unspecified atom stereocenters. The summed E-state index contributed by atoms with van der Waals surface area (Å²) in [6.07, 6.45) is -0.631. The number of hydrogen-bond acceptors (Lipinski definition) is 2. The first-order valence-corrected chi connectivity index (χ1v) is 7.15. The van der Waals surface area contributed by atoms with Crippen molar-refractivity contribution in [3.8, 4) is 0 Å². The van der Waals surface area contributed by atoms with Gasteiger partial charge in [0.1, 0.15) is 0 Å². The van der Waals surface area contributed by atoms with Gasteiger partial charge in [-0.05, 0) is 37.0 Å². The zero-order chi connectivity index (χ0) is 14.2. The van der Waals surface area contributed by atoms with Crippen molar-refractivity contribution in [3.63, 3.8) is 0 Å². The summed E-state index contributed by atoms with van der Waals surface area (Å²) in [5.41, 5.74) is 0.383. The van der Waals surface area contributed by atoms with Crippen molar-refractivity contribution in [2.24, 2.45) is 0 Å². The Morgan fingerprint density at radius 3 is 2.45 bits per heavy atom. The summed E-state index contributed by atoms with van der Waals surface area (Å²) >= 11 is 0. The van der Waals surface area contributed by atoms with E-state index >= 15 is 0 Å². The Hall–Kier alpha value is -1.07. The summed E-state index contributed by atoms with van der Waals surface area (Å²) in [4.78, 5) is 2.35. The molecule has 2 atom stereocenters. The second kappa shape index (κ2) is 5.37. The van der Waals surface area contributed by atoms with Gasteiger partial charge in [-0.3, -0.25) is 4.90 Å². The van der Waals surface area contributed by atoms with Gasteiger partial charge in [0.05, 0.1) is 5.56 Å². The molecule has 0 amide bonds. The first-order valence-electron chi connectivity index (χ1n) is 7.15. The highest BCUT2D eigenvalue weighted by Crippen LogP contribution is 2.29. The van der Waals surface area contributed by atoms with Crippen LogP contribution in [0.4, 0.5) is 13.2 Å². The van der Waals surface area contributed by atoms with Crippen LogP contribution >= 0.6 is 0 Å². The van der Waals surface area contributed by atoms with Gasteiger partial charge in [0.2, 0.25) is 0 Å². The van der Waals surface area contributed by atoms with Gasteiger partial charge < -0.3 is 5.32 Å². The van der Waals surface area contributed by atoms with Crippen molar-refractivity contribution >= 4 is 0 Å². The lowest BCUT2D eigenvalue weighted by atomic mass is 10.1. The molecule has 2 aliphatic heterocycles. The van der Waals surface area contributed by atoms with E-state index in [-0.39, 0.29) is 0 Å². The lowest BCUT2D eigenvalue weighted by Gasteiger charge is -2.24. The Morgan fingerprint density at radius 2 is 1.75 bits per heavy atom. The van der Waals surface area contributed by atoms with E-state index in [0.717, 1.165) is 31.6 Å². The van der Waals surface area contributed by atoms with Crippen LogP contribution in [0, 0.1) is 0 Å². The monoisotopic (exact) mass is 284 g/mol. The number of nitrogens with zero attached hydrogens (tertiary/aromatic N) is 1. The molecule has 5 heteroatoms. The number of likely N-dealkylation sites (tertiary alicyclic amines) is 1. The fourth-order valence-electron chi connectivity index (χ4n) is 3.22. The molecule has 2 bridgehead atoms. The smallest absolute Gasteiger partial charge is 0.310 e. The van der Waals surface area contributed by atoms with Crippen LogP contribution in [0.15, 0.2) is 24.3 Å². The molecule has 0 radical (unpaired) electrons. The highest BCUT2D eigenvalue weighted by Gasteiger charge is 2.31. The van der Waals surface area contributed by atoms with Crippen molar-refractivity contribution in [3.05, 3.63) is 35.4 Å². The molecule has 110 valence electrons. The predicted octanol–water partition coefficient (Wildman–Crippen LogP) is 3.03. The molecule has 20 heavy (non-hydrogen) atoms. The Bertz CT molecular complexity index is 455. The van der Waals surface area contributed by atoms with E-state index in [1.807, 2.05) is 0 Å². The van der Waals surface area contributed by atoms with E-state index in [2.05, 4.69) is 10.2 Å². The molecule has 0 aromatic heterocycles. The van der Waals surface area contributed by atoms with Crippen LogP contribution in [0.3, 0.4) is 0 Å². The van der Waals surface area contributed by atoms with Crippen molar-refractivity contribution in [2.45, 2.75) is 44.1 Å². The third-order valence-electron chi connectivity index (χ3n) is 4.29. The minimum atomic E-state index is -4.25. The Labute approximate surface area is 117 Å². The summed E-state index contributed by atoms with van der Waals surface area (Å²) in [5.74, 6) is 0. The average molecular weight is 284 g/mol. The molecule has 0 aliphatic carbocycles. The third-order valence-corrected chi connectivity index (χ3v) is 4.29. The van der Waals surface area contributed by atoms with E-state index in [0.29, 0.717) is 12.1 Å². The van der Waals surface area contributed by atoms with Crippen LogP contribution in [0.2, 0.25) is 0 Å². The first-order chi connectivity index (χ1) is 9.50. The van der Waals surface area contributed by atoms with Crippen LogP contribution in [-0.4, -0.2) is 30.1 Å². The van der Waals surface area contributed by atoms with Gasteiger partial charge >= 0.3 is 6.18 Å². The molecule has 0 spiro atoms. The molecule has 1 aromatic carbocycles. The number of fused-ring (bicyclic) bond motifs is 2. The average Bonchev–Trinajstić information content (AvgIpc) is 2.72. The van der Waals surface area contributed by atoms with E-state index in [4.69, 9.17) is 0 Å². The Kier molecular flexibility index (Phi) is 3.73. The van der Waals surface area contributed by atoms with Gasteiger partial charge in [-0.1, -0.05) is 12.1 Å². The molecule has 2 saturated heterocycles. The number of rotatable bonds is 2. The highest BCUT2D eigenvalue weighted by molar-refractivity contribution is 5.24. The number of alkyl halides is 3. The number of nitrogens with one attached hydrogen (secondary N) is 1. The predicted molar refractivity (Wildman–Crippen MR) is 71.3 cm³/mol. The second-order valence-electron chi connectivity index (χ2n) is 5.86. The summed E-state index contributed by atoms with van der Waals surface area (Å²) in [6, 6.07) is 6.74. The Balaban J connectivity index is 1.63. The largest absolute Gasteiger partial charge is 0.416 e. The quantitative estimate of drug-likeness (QED) is 0.898. The standard InChI is InChI=1S/C15H19F3N2/c16-15(17,18)12-3-1-11(2-4-12)9-20-8-7-13-5-6-14(10-20)19-13/h1-4,13-14,19H,5-10H2. The molecule has 3 rings (SSSR count). The maximum absolute atomic E-state index is 12.5. The summed E-state index contributed by atoms with van der Waals surface area (Å²) < 4.78 is 37.5. The molecule has 2 aliphatic rings. The number of benzene rings is 1. The van der Waals surface area contributed by atoms with Crippen molar-refractivity contribution in [1.82, 2.24) is 10.2 Å². The lowest BCUT2D eigenvalue weighted by Crippen LogP contribution is -2.34.